The molecule has 0 amide bonds. The van der Waals surface area contributed by atoms with E-state index in [-0.39, 0.29) is 5.97 Å². The minimum Gasteiger partial charge on any atom is -0.423 e. The number of carbonyl (C=O) groups is 1. The van der Waals surface area contributed by atoms with E-state index in [0.717, 1.165) is 34.8 Å². The van der Waals surface area contributed by atoms with Gasteiger partial charge in [0.15, 0.2) is 0 Å². The average molecular weight is 387 g/mol. The molecule has 0 atom stereocenters. The van der Waals surface area contributed by atoms with Gasteiger partial charge in [0, 0.05) is 18.1 Å². The van der Waals surface area contributed by atoms with E-state index in [4.69, 9.17) is 4.74 Å². The van der Waals surface area contributed by atoms with Crippen LogP contribution in [-0.4, -0.2) is 16.2 Å². The van der Waals surface area contributed by atoms with Gasteiger partial charge in [-0.3, -0.25) is 0 Å². The van der Waals surface area contributed by atoms with Crippen molar-refractivity contribution in [2.24, 2.45) is 0 Å². The topological polar surface area (TPSA) is 52.1 Å². The first-order valence-electron chi connectivity index (χ1n) is 10.0. The van der Waals surface area contributed by atoms with E-state index in [1.165, 1.54) is 44.6 Å². The highest BCUT2D eigenvalue weighted by molar-refractivity contribution is 7.14. The molecule has 2 aromatic rings. The van der Waals surface area contributed by atoms with Gasteiger partial charge in [0.05, 0.1) is 0 Å². The monoisotopic (exact) mass is 386 g/mol. The average Bonchev–Trinajstić information content (AvgIpc) is 3.14. The van der Waals surface area contributed by atoms with Gasteiger partial charge >= 0.3 is 5.97 Å². The summed E-state index contributed by atoms with van der Waals surface area (Å²) < 4.78 is 5.29. The molecule has 0 saturated carbocycles. The van der Waals surface area contributed by atoms with E-state index in [9.17, 15) is 4.79 Å². The summed E-state index contributed by atoms with van der Waals surface area (Å²) >= 11 is 1.65. The summed E-state index contributed by atoms with van der Waals surface area (Å²) in [4.78, 5) is 11.7. The standard InChI is InChI=1S/C22H30N2O2S/c1-3-5-7-8-9-11-12-20-23-24-22(27-20)18-14-16-19(17-15-18)26-21(25)13-10-6-4-2/h10,13-17H,3-9,11-12H2,1-2H3. The Morgan fingerprint density at radius 2 is 1.74 bits per heavy atom. The number of allylic oxidation sites excluding steroid dienone is 1. The first kappa shape index (κ1) is 21.3. The predicted octanol–water partition coefficient (Wildman–Crippen LogP) is 6.37. The Kier molecular flexibility index (Phi) is 9.77. The smallest absolute Gasteiger partial charge is 0.335 e. The molecular weight excluding hydrogens is 356 g/mol. The van der Waals surface area contributed by atoms with Crippen molar-refractivity contribution in [2.75, 3.05) is 0 Å². The Bertz CT molecular complexity index is 707. The molecule has 4 nitrogen and oxygen atoms in total. The minimum atomic E-state index is -0.340. The van der Waals surface area contributed by atoms with Gasteiger partial charge in [-0.15, -0.1) is 10.2 Å². The Morgan fingerprint density at radius 1 is 1.00 bits per heavy atom. The van der Waals surface area contributed by atoms with Crippen molar-refractivity contribution in [1.29, 1.82) is 0 Å². The largest absolute Gasteiger partial charge is 0.423 e. The SMILES string of the molecule is CCCC=CC(=O)Oc1ccc(-c2nnc(CCCCCCCC)s2)cc1. The van der Waals surface area contributed by atoms with Crippen molar-refractivity contribution in [3.8, 4) is 16.3 Å². The molecule has 0 bridgehead atoms. The summed E-state index contributed by atoms with van der Waals surface area (Å²) in [6.07, 6.45) is 13.9. The third-order valence-corrected chi connectivity index (χ3v) is 5.27. The Hall–Kier alpha value is -2.01. The zero-order valence-corrected chi connectivity index (χ0v) is 17.3. The molecule has 0 spiro atoms. The number of unbranched alkanes of at least 4 members (excludes halogenated alkanes) is 6. The van der Waals surface area contributed by atoms with Crippen molar-refractivity contribution < 1.29 is 9.53 Å². The van der Waals surface area contributed by atoms with Crippen LogP contribution in [0.3, 0.4) is 0 Å². The number of hydrogen-bond donors (Lipinski definition) is 0. The van der Waals surface area contributed by atoms with Crippen molar-refractivity contribution in [2.45, 2.75) is 71.6 Å². The number of rotatable bonds is 12. The van der Waals surface area contributed by atoms with E-state index in [1.54, 1.807) is 23.5 Å². The van der Waals surface area contributed by atoms with Gasteiger partial charge in [-0.1, -0.05) is 69.8 Å². The molecule has 27 heavy (non-hydrogen) atoms. The summed E-state index contributed by atoms with van der Waals surface area (Å²) in [5.74, 6) is 0.204. The lowest BCUT2D eigenvalue weighted by atomic mass is 10.1. The second kappa shape index (κ2) is 12.4. The molecule has 0 saturated heterocycles. The number of hydrogen-bond acceptors (Lipinski definition) is 5. The quantitative estimate of drug-likeness (QED) is 0.184. The molecule has 146 valence electrons. The van der Waals surface area contributed by atoms with Crippen LogP contribution in [0.5, 0.6) is 5.75 Å². The highest BCUT2D eigenvalue weighted by atomic mass is 32.1. The summed E-state index contributed by atoms with van der Waals surface area (Å²) in [6, 6.07) is 7.45. The lowest BCUT2D eigenvalue weighted by Gasteiger charge is -2.02. The molecule has 0 aliphatic rings. The second-order valence-electron chi connectivity index (χ2n) is 6.66. The maximum absolute atomic E-state index is 11.7. The maximum Gasteiger partial charge on any atom is 0.335 e. The molecule has 1 aromatic carbocycles. The summed E-state index contributed by atoms with van der Waals surface area (Å²) in [5.41, 5.74) is 1.00. The highest BCUT2D eigenvalue weighted by Gasteiger charge is 2.08. The Balaban J connectivity index is 1.81. The number of carbonyl (C=O) groups excluding carboxylic acids is 1. The maximum atomic E-state index is 11.7. The fraction of sp³-hybridized carbons (Fsp3) is 0.500. The molecule has 2 rings (SSSR count). The third-order valence-electron chi connectivity index (χ3n) is 4.24. The van der Waals surface area contributed by atoms with E-state index < -0.39 is 0 Å². The van der Waals surface area contributed by atoms with Crippen molar-refractivity contribution >= 4 is 17.3 Å². The Labute approximate surface area is 166 Å². The van der Waals surface area contributed by atoms with Crippen LogP contribution in [0, 0.1) is 0 Å². The van der Waals surface area contributed by atoms with E-state index in [1.807, 2.05) is 18.2 Å². The molecule has 0 unspecified atom stereocenters. The lowest BCUT2D eigenvalue weighted by Crippen LogP contribution is -2.03. The van der Waals surface area contributed by atoms with Crippen LogP contribution >= 0.6 is 11.3 Å². The van der Waals surface area contributed by atoms with E-state index in [0.29, 0.717) is 5.75 Å². The predicted molar refractivity (Wildman–Crippen MR) is 112 cm³/mol. The van der Waals surface area contributed by atoms with Gasteiger partial charge in [-0.25, -0.2) is 4.79 Å². The minimum absolute atomic E-state index is 0.340. The zero-order chi connectivity index (χ0) is 19.3. The van der Waals surface area contributed by atoms with Crippen LogP contribution in [0.25, 0.3) is 10.6 Å². The molecule has 0 aliphatic carbocycles. The van der Waals surface area contributed by atoms with Crippen LogP contribution < -0.4 is 4.74 Å². The van der Waals surface area contributed by atoms with E-state index in [2.05, 4.69) is 24.0 Å². The van der Waals surface area contributed by atoms with Crippen LogP contribution in [0.1, 0.15) is 70.2 Å². The van der Waals surface area contributed by atoms with Crippen molar-refractivity contribution in [3.05, 3.63) is 41.4 Å². The second-order valence-corrected chi connectivity index (χ2v) is 7.72. The number of aromatic nitrogens is 2. The van der Waals surface area contributed by atoms with Gasteiger partial charge in [-0.2, -0.15) is 0 Å². The summed E-state index contributed by atoms with van der Waals surface area (Å²) in [5, 5.41) is 10.6. The van der Waals surface area contributed by atoms with Gasteiger partial charge in [0.1, 0.15) is 15.8 Å². The van der Waals surface area contributed by atoms with Crippen LogP contribution in [-0.2, 0) is 11.2 Å². The first-order chi connectivity index (χ1) is 13.2. The third kappa shape index (κ3) is 8.04. The molecule has 1 aromatic heterocycles. The molecule has 0 fully saturated rings. The first-order valence-corrected chi connectivity index (χ1v) is 10.9. The molecule has 0 N–H and O–H groups in total. The number of ether oxygens (including phenoxy) is 1. The number of esters is 1. The van der Waals surface area contributed by atoms with Gasteiger partial charge in [-0.05, 0) is 37.1 Å². The highest BCUT2D eigenvalue weighted by Crippen LogP contribution is 2.26. The normalized spacial score (nSPS) is 11.2. The van der Waals surface area contributed by atoms with Crippen LogP contribution in [0.2, 0.25) is 0 Å². The number of nitrogens with zero attached hydrogens (tertiary/aromatic N) is 2. The molecule has 0 radical (unpaired) electrons. The number of aryl methyl sites for hydroxylation is 1. The molecule has 5 heteroatoms. The summed E-state index contributed by atoms with van der Waals surface area (Å²) in [7, 11) is 0. The lowest BCUT2D eigenvalue weighted by molar-refractivity contribution is -0.129. The number of benzene rings is 1. The van der Waals surface area contributed by atoms with Gasteiger partial charge in [0.25, 0.3) is 0 Å². The van der Waals surface area contributed by atoms with E-state index >= 15 is 0 Å². The molecule has 1 heterocycles. The van der Waals surface area contributed by atoms with Crippen LogP contribution in [0.15, 0.2) is 36.4 Å². The van der Waals surface area contributed by atoms with Crippen molar-refractivity contribution in [1.82, 2.24) is 10.2 Å². The zero-order valence-electron chi connectivity index (χ0n) is 16.4. The van der Waals surface area contributed by atoms with Gasteiger partial charge < -0.3 is 4.74 Å². The molecule has 0 aliphatic heterocycles. The summed E-state index contributed by atoms with van der Waals surface area (Å²) in [6.45, 7) is 4.31. The fourth-order valence-electron chi connectivity index (χ4n) is 2.69. The van der Waals surface area contributed by atoms with Crippen molar-refractivity contribution in [3.63, 3.8) is 0 Å². The molecular formula is C22H30N2O2S. The van der Waals surface area contributed by atoms with Gasteiger partial charge in [0.2, 0.25) is 0 Å². The van der Waals surface area contributed by atoms with Crippen LogP contribution in [0.4, 0.5) is 0 Å². The Morgan fingerprint density at radius 3 is 2.48 bits per heavy atom. The fourth-order valence-corrected chi connectivity index (χ4v) is 3.58.